The van der Waals surface area contributed by atoms with Crippen LogP contribution in [0.3, 0.4) is 0 Å². The molecule has 4 rings (SSSR count). The first-order valence-electron chi connectivity index (χ1n) is 8.66. The molecule has 1 aromatic heterocycles. The van der Waals surface area contributed by atoms with Crippen molar-refractivity contribution in [2.75, 3.05) is 5.32 Å². The van der Waals surface area contributed by atoms with Gasteiger partial charge in [-0.15, -0.1) is 10.2 Å². The smallest absolute Gasteiger partial charge is 0.247 e. The maximum atomic E-state index is 13.4. The zero-order valence-corrected chi connectivity index (χ0v) is 14.8. The number of nitrogens with one attached hydrogen (secondary N) is 1. The van der Waals surface area contributed by atoms with Crippen LogP contribution in [-0.2, 0) is 0 Å². The molecule has 3 aromatic carbocycles. The molecule has 0 saturated heterocycles. The van der Waals surface area contributed by atoms with E-state index in [2.05, 4.69) is 15.5 Å². The van der Waals surface area contributed by atoms with Crippen LogP contribution in [0, 0.1) is 12.7 Å². The first-order chi connectivity index (χ1) is 13.2. The Morgan fingerprint density at radius 3 is 2.26 bits per heavy atom. The topological polar surface area (TPSA) is 51.0 Å². The molecule has 27 heavy (non-hydrogen) atoms. The molecule has 0 bridgehead atoms. The summed E-state index contributed by atoms with van der Waals surface area (Å²) >= 11 is 0. The van der Waals surface area contributed by atoms with E-state index in [1.807, 2.05) is 61.5 Å². The SMILES string of the molecule is Cc1ccc(N[C@H](c2ccc(F)cc2)c2nnc(-c3ccccc3)o2)cc1. The maximum Gasteiger partial charge on any atom is 0.247 e. The molecule has 0 spiro atoms. The number of benzene rings is 3. The minimum atomic E-state index is -0.390. The Morgan fingerprint density at radius 2 is 1.56 bits per heavy atom. The third-order valence-electron chi connectivity index (χ3n) is 4.27. The number of aryl methyl sites for hydroxylation is 1. The highest BCUT2D eigenvalue weighted by Crippen LogP contribution is 2.28. The largest absolute Gasteiger partial charge is 0.418 e. The molecule has 0 radical (unpaired) electrons. The van der Waals surface area contributed by atoms with Gasteiger partial charge >= 0.3 is 0 Å². The molecule has 1 heterocycles. The minimum Gasteiger partial charge on any atom is -0.418 e. The van der Waals surface area contributed by atoms with Gasteiger partial charge in [0.2, 0.25) is 11.8 Å². The van der Waals surface area contributed by atoms with Crippen molar-refractivity contribution in [3.05, 3.63) is 102 Å². The normalized spacial score (nSPS) is 11.9. The summed E-state index contributed by atoms with van der Waals surface area (Å²) in [7, 11) is 0. The van der Waals surface area contributed by atoms with Gasteiger partial charge < -0.3 is 9.73 Å². The molecule has 0 amide bonds. The summed E-state index contributed by atoms with van der Waals surface area (Å²) < 4.78 is 19.3. The van der Waals surface area contributed by atoms with Crippen LogP contribution in [-0.4, -0.2) is 10.2 Å². The van der Waals surface area contributed by atoms with Crippen LogP contribution in [0.5, 0.6) is 0 Å². The van der Waals surface area contributed by atoms with Crippen LogP contribution in [0.1, 0.15) is 23.1 Å². The number of halogens is 1. The Hall–Kier alpha value is -3.47. The monoisotopic (exact) mass is 359 g/mol. The van der Waals surface area contributed by atoms with Crippen LogP contribution < -0.4 is 5.32 Å². The fourth-order valence-electron chi connectivity index (χ4n) is 2.81. The van der Waals surface area contributed by atoms with Gasteiger partial charge in [0, 0.05) is 11.3 Å². The van der Waals surface area contributed by atoms with E-state index in [4.69, 9.17) is 4.42 Å². The van der Waals surface area contributed by atoms with Gasteiger partial charge in [0.15, 0.2) is 0 Å². The Balaban J connectivity index is 1.70. The van der Waals surface area contributed by atoms with E-state index in [0.29, 0.717) is 11.8 Å². The number of anilines is 1. The summed E-state index contributed by atoms with van der Waals surface area (Å²) in [6.45, 7) is 2.03. The summed E-state index contributed by atoms with van der Waals surface area (Å²) in [6, 6.07) is 23.5. The number of rotatable bonds is 5. The predicted octanol–water partition coefficient (Wildman–Crippen LogP) is 5.39. The van der Waals surface area contributed by atoms with E-state index in [9.17, 15) is 4.39 Å². The molecule has 0 aliphatic heterocycles. The molecule has 0 aliphatic rings. The lowest BCUT2D eigenvalue weighted by Crippen LogP contribution is -2.13. The molecule has 4 nitrogen and oxygen atoms in total. The first kappa shape index (κ1) is 17.0. The van der Waals surface area contributed by atoms with Gasteiger partial charge in [-0.25, -0.2) is 4.39 Å². The number of nitrogens with zero attached hydrogens (tertiary/aromatic N) is 2. The Labute approximate surface area is 156 Å². The predicted molar refractivity (Wildman–Crippen MR) is 103 cm³/mol. The Bertz CT molecular complexity index is 1010. The first-order valence-corrected chi connectivity index (χ1v) is 8.66. The second-order valence-electron chi connectivity index (χ2n) is 6.31. The summed E-state index contributed by atoms with van der Waals surface area (Å²) in [5.41, 5.74) is 3.77. The maximum absolute atomic E-state index is 13.4. The Kier molecular flexibility index (Phi) is 4.66. The summed E-state index contributed by atoms with van der Waals surface area (Å²) in [5.74, 6) is 0.577. The molecular weight excluding hydrogens is 341 g/mol. The number of hydrogen-bond acceptors (Lipinski definition) is 4. The molecule has 0 saturated carbocycles. The fourth-order valence-corrected chi connectivity index (χ4v) is 2.81. The average molecular weight is 359 g/mol. The molecule has 134 valence electrons. The van der Waals surface area contributed by atoms with E-state index in [1.165, 1.54) is 17.7 Å². The molecule has 1 N–H and O–H groups in total. The van der Waals surface area contributed by atoms with Gasteiger partial charge in [0.05, 0.1) is 0 Å². The van der Waals surface area contributed by atoms with Gasteiger partial charge in [0.1, 0.15) is 11.9 Å². The molecule has 1 atom stereocenters. The van der Waals surface area contributed by atoms with Gasteiger partial charge in [-0.1, -0.05) is 48.0 Å². The lowest BCUT2D eigenvalue weighted by Gasteiger charge is -2.17. The second kappa shape index (κ2) is 7.41. The van der Waals surface area contributed by atoms with Crippen molar-refractivity contribution in [2.24, 2.45) is 0 Å². The van der Waals surface area contributed by atoms with Crippen molar-refractivity contribution < 1.29 is 8.81 Å². The molecule has 0 fully saturated rings. The standard InChI is InChI=1S/C22H18FN3O/c1-15-7-13-19(14-8-15)24-20(16-9-11-18(23)12-10-16)22-26-25-21(27-22)17-5-3-2-4-6-17/h2-14,20,24H,1H3/t20-/m1/s1. The molecule has 0 aliphatic carbocycles. The summed E-state index contributed by atoms with van der Waals surface area (Å²) in [6.07, 6.45) is 0. The van der Waals surface area contributed by atoms with Crippen LogP contribution in [0.2, 0.25) is 0 Å². The van der Waals surface area contributed by atoms with Gasteiger partial charge in [-0.05, 0) is 48.9 Å². The minimum absolute atomic E-state index is 0.289. The van der Waals surface area contributed by atoms with Crippen LogP contribution in [0.15, 0.2) is 83.3 Å². The average Bonchev–Trinajstić information content (AvgIpc) is 3.19. The van der Waals surface area contributed by atoms with Gasteiger partial charge in [-0.3, -0.25) is 0 Å². The molecule has 5 heteroatoms. The van der Waals surface area contributed by atoms with Crippen molar-refractivity contribution in [2.45, 2.75) is 13.0 Å². The van der Waals surface area contributed by atoms with Crippen molar-refractivity contribution in [1.29, 1.82) is 0 Å². The quantitative estimate of drug-likeness (QED) is 0.519. The van der Waals surface area contributed by atoms with Crippen LogP contribution in [0.25, 0.3) is 11.5 Å². The van der Waals surface area contributed by atoms with Crippen molar-refractivity contribution >= 4 is 5.69 Å². The second-order valence-corrected chi connectivity index (χ2v) is 6.31. The number of hydrogen-bond donors (Lipinski definition) is 1. The van der Waals surface area contributed by atoms with E-state index in [-0.39, 0.29) is 5.82 Å². The van der Waals surface area contributed by atoms with E-state index in [0.717, 1.165) is 16.8 Å². The van der Waals surface area contributed by atoms with E-state index < -0.39 is 6.04 Å². The zero-order valence-electron chi connectivity index (χ0n) is 14.8. The van der Waals surface area contributed by atoms with Crippen molar-refractivity contribution in [3.8, 4) is 11.5 Å². The third-order valence-corrected chi connectivity index (χ3v) is 4.27. The van der Waals surface area contributed by atoms with Crippen LogP contribution >= 0.6 is 0 Å². The van der Waals surface area contributed by atoms with E-state index in [1.54, 1.807) is 12.1 Å². The Morgan fingerprint density at radius 1 is 0.852 bits per heavy atom. The highest BCUT2D eigenvalue weighted by molar-refractivity contribution is 5.53. The lowest BCUT2D eigenvalue weighted by molar-refractivity contribution is 0.494. The van der Waals surface area contributed by atoms with Crippen LogP contribution in [0.4, 0.5) is 10.1 Å². The van der Waals surface area contributed by atoms with Crippen molar-refractivity contribution in [3.63, 3.8) is 0 Å². The number of aromatic nitrogens is 2. The lowest BCUT2D eigenvalue weighted by atomic mass is 10.1. The third kappa shape index (κ3) is 3.87. The van der Waals surface area contributed by atoms with Crippen molar-refractivity contribution in [1.82, 2.24) is 10.2 Å². The highest BCUT2D eigenvalue weighted by atomic mass is 19.1. The zero-order chi connectivity index (χ0) is 18.6. The highest BCUT2D eigenvalue weighted by Gasteiger charge is 2.21. The van der Waals surface area contributed by atoms with E-state index >= 15 is 0 Å². The summed E-state index contributed by atoms with van der Waals surface area (Å²) in [4.78, 5) is 0. The molecular formula is C22H18FN3O. The molecule has 4 aromatic rings. The summed E-state index contributed by atoms with van der Waals surface area (Å²) in [5, 5.41) is 11.8. The van der Waals surface area contributed by atoms with Gasteiger partial charge in [0.25, 0.3) is 0 Å². The van der Waals surface area contributed by atoms with Gasteiger partial charge in [-0.2, -0.15) is 0 Å². The molecule has 0 unspecified atom stereocenters. The fraction of sp³-hybridized carbons (Fsp3) is 0.0909.